The number of carbonyl (C=O) groups excluding carboxylic acids is 2. The number of ether oxygens (including phenoxy) is 2. The molecule has 2 aromatic heterocycles. The minimum absolute atomic E-state index is 0.0868. The molecule has 3 aliphatic heterocycles. The van der Waals surface area contributed by atoms with Gasteiger partial charge in [0.1, 0.15) is 36.6 Å². The van der Waals surface area contributed by atoms with Crippen molar-refractivity contribution in [2.45, 2.75) is 186 Å². The largest absolute Gasteiger partial charge is 0.481 e. The number of nitrogens with zero attached hydrogens (tertiary/aromatic N) is 2. The van der Waals surface area contributed by atoms with Gasteiger partial charge in [0.05, 0.1) is 72.2 Å². The summed E-state index contributed by atoms with van der Waals surface area (Å²) < 4.78 is 13.0. The topological polar surface area (TPSA) is 383 Å². The number of aliphatic carboxylic acids is 1. The number of amides is 1. The van der Waals surface area contributed by atoms with Crippen molar-refractivity contribution in [1.29, 1.82) is 0 Å². The molecule has 23 nitrogen and oxygen atoms in total. The fourth-order valence-electron chi connectivity index (χ4n) is 22.5. The Morgan fingerprint density at radius 2 is 1.68 bits per heavy atom. The van der Waals surface area contributed by atoms with Gasteiger partial charge in [0, 0.05) is 68.3 Å². The predicted octanol–water partition coefficient (Wildman–Crippen LogP) is 2.25. The van der Waals surface area contributed by atoms with E-state index in [1.54, 1.807) is 12.5 Å². The van der Waals surface area contributed by atoms with Crippen LogP contribution in [-0.2, 0) is 35.7 Å². The Hall–Kier alpha value is -4.21. The average Bonchev–Trinajstić information content (AvgIpc) is 0.782. The van der Waals surface area contributed by atoms with Gasteiger partial charge in [0.25, 0.3) is 0 Å². The molecule has 26 atom stereocenters. The number of carboxylic acids is 1. The van der Waals surface area contributed by atoms with E-state index in [1.807, 2.05) is 19.9 Å². The zero-order chi connectivity index (χ0) is 64.3. The molecule has 0 unspecified atom stereocenters. The van der Waals surface area contributed by atoms with Gasteiger partial charge in [-0.1, -0.05) is 78.2 Å². The molecule has 5 heterocycles. The summed E-state index contributed by atoms with van der Waals surface area (Å²) >= 11 is 0. The first kappa shape index (κ1) is 65.8. The van der Waals surface area contributed by atoms with Crippen LogP contribution >= 0.6 is 0 Å². The number of aromatic amines is 2. The van der Waals surface area contributed by atoms with Crippen LogP contribution in [0.4, 0.5) is 5.82 Å². The van der Waals surface area contributed by atoms with Crippen LogP contribution in [-0.4, -0.2) is 192 Å². The lowest BCUT2D eigenvalue weighted by atomic mass is 9.28. The molecule has 0 aromatic carbocycles. The monoisotopic (exact) mass is 1260 g/mol. The van der Waals surface area contributed by atoms with E-state index in [-0.39, 0.29) is 49.3 Å². The molecular formula is C67H103N9O14. The Balaban J connectivity index is 1.03. The Labute approximate surface area is 528 Å². The Morgan fingerprint density at radius 3 is 2.37 bits per heavy atom. The fourth-order valence-corrected chi connectivity index (χ4v) is 22.5. The summed E-state index contributed by atoms with van der Waals surface area (Å²) in [6.07, 6.45) is 7.52. The van der Waals surface area contributed by atoms with E-state index in [0.29, 0.717) is 102 Å². The standard InChI is InChI=1S/C67H103N9O14/c1-35(14-24-77)13-21-69-22-23-70-27-37(55(68)85)53(84)67(46-29-71-33-74-46)18-11-36(48-52(67)76-58(86)65(48)15-7-8-16-65)47-50(82)54(90-57-51(83)49(81)43(80)30-89-57)61(3,32-79)44-12-17-62(4)45(63(44,47)5)10-9-38-40-26-60(2,31-78)19-20-66(40,59(87)88)41-28-72-56-42(73-34-75-56)25-39(41)64(38,62)6/h9,11,18,24,29,33-37,39-41,43-45,47-55,57,69-70,72,78-85H,7-8,10,12-17,19-23,25-28,30-32,68H2,1-6H3,(H,71,74)(H,73,75)(H,76,86)(H,87,88)/t35-,36+,37+,39+,40+,41+,43-,44-,45+,47-,48+,49+,50-,51-,52-,53+,54-,55+,57+,60+,61+,62-,63+,64+,66-,67-/m1/s1. The normalized spacial score (nSPS) is 45.4. The maximum atomic E-state index is 15.7. The van der Waals surface area contributed by atoms with E-state index in [1.165, 1.54) is 6.33 Å². The van der Waals surface area contributed by atoms with Gasteiger partial charge in [0.15, 0.2) is 6.29 Å². The Kier molecular flexibility index (Phi) is 17.7. The Bertz CT molecular complexity index is 3000. The number of carboxylic acid groups (broad SMARTS) is 1. The van der Waals surface area contributed by atoms with Gasteiger partial charge in [-0.15, -0.1) is 0 Å². The van der Waals surface area contributed by atoms with Crippen molar-refractivity contribution in [3.63, 3.8) is 0 Å². The highest BCUT2D eigenvalue weighted by molar-refractivity contribution is 5.87. The average molecular weight is 1260 g/mol. The Morgan fingerprint density at radius 1 is 0.922 bits per heavy atom. The summed E-state index contributed by atoms with van der Waals surface area (Å²) in [7, 11) is 0. The second-order valence-electron chi connectivity index (χ2n) is 31.1. The molecule has 2 aromatic rings. The number of nitrogens with one attached hydrogen (secondary N) is 6. The number of anilines is 1. The van der Waals surface area contributed by atoms with Gasteiger partial charge in [0.2, 0.25) is 5.91 Å². The van der Waals surface area contributed by atoms with Crippen LogP contribution in [0, 0.1) is 97.1 Å². The number of hydrogen-bond donors (Lipinski definition) is 16. The van der Waals surface area contributed by atoms with Crippen LogP contribution < -0.4 is 27.0 Å². The first-order valence-electron chi connectivity index (χ1n) is 33.7. The van der Waals surface area contributed by atoms with E-state index in [2.05, 4.69) is 76.1 Å². The predicted molar refractivity (Wildman–Crippen MR) is 330 cm³/mol. The van der Waals surface area contributed by atoms with Gasteiger partial charge in [-0.2, -0.15) is 0 Å². The number of fused-ring (bicyclic) bond motifs is 13. The van der Waals surface area contributed by atoms with Crippen LogP contribution in [0.5, 0.6) is 0 Å². The first-order chi connectivity index (χ1) is 42.8. The van der Waals surface area contributed by atoms with Crippen molar-refractivity contribution in [2.24, 2.45) is 103 Å². The number of aliphatic hydroxyl groups is 8. The maximum Gasteiger partial charge on any atom is 0.310 e. The molecule has 7 fully saturated rings. The third-order valence-electron chi connectivity index (χ3n) is 27.3. The number of nitrogens with two attached hydrogens (primary N) is 1. The van der Waals surface area contributed by atoms with E-state index in [9.17, 15) is 55.5 Å². The molecule has 12 rings (SSSR count). The third-order valence-corrected chi connectivity index (χ3v) is 27.3. The van der Waals surface area contributed by atoms with Crippen molar-refractivity contribution in [3.05, 3.63) is 54.0 Å². The molecule has 10 aliphatic rings. The number of H-pyrrole nitrogens is 2. The summed E-state index contributed by atoms with van der Waals surface area (Å²) in [5, 5.41) is 122. The molecule has 90 heavy (non-hydrogen) atoms. The zero-order valence-electron chi connectivity index (χ0n) is 53.4. The van der Waals surface area contributed by atoms with Gasteiger partial charge >= 0.3 is 5.97 Å². The smallest absolute Gasteiger partial charge is 0.310 e. The molecule has 0 radical (unpaired) electrons. The summed E-state index contributed by atoms with van der Waals surface area (Å²) in [6.45, 7) is 14.4. The number of hydrogen-bond acceptors (Lipinski definition) is 19. The number of rotatable bonds is 20. The van der Waals surface area contributed by atoms with E-state index in [4.69, 9.17) is 20.2 Å². The summed E-state index contributed by atoms with van der Waals surface area (Å²) in [6, 6.07) is -0.882. The summed E-state index contributed by atoms with van der Waals surface area (Å²) in [5.74, 6) is -4.98. The molecule has 17 N–H and O–H groups in total. The number of imidazole rings is 2. The van der Waals surface area contributed by atoms with Crippen molar-refractivity contribution in [3.8, 4) is 0 Å². The number of carbonyl (C=O) groups is 3. The van der Waals surface area contributed by atoms with Crippen LogP contribution in [0.1, 0.15) is 130 Å². The van der Waals surface area contributed by atoms with Crippen molar-refractivity contribution < 1.29 is 69.8 Å². The molecule has 7 aliphatic carbocycles. The van der Waals surface area contributed by atoms with Crippen LogP contribution in [0.25, 0.3) is 0 Å². The molecule has 5 saturated carbocycles. The number of aliphatic hydroxyl groups excluding tert-OH is 8. The molecule has 0 bridgehead atoms. The van der Waals surface area contributed by atoms with Crippen molar-refractivity contribution in [1.82, 2.24) is 35.9 Å². The quantitative estimate of drug-likeness (QED) is 0.0297. The van der Waals surface area contributed by atoms with Crippen molar-refractivity contribution >= 4 is 24.0 Å². The van der Waals surface area contributed by atoms with Gasteiger partial charge in [-0.05, 0) is 140 Å². The highest BCUT2D eigenvalue weighted by Crippen LogP contribution is 2.80. The fraction of sp³-hybridized carbons (Fsp3) is 0.806. The first-order valence-corrected chi connectivity index (χ1v) is 33.7. The molecule has 1 spiro atoms. The van der Waals surface area contributed by atoms with Crippen LogP contribution in [0.2, 0.25) is 0 Å². The minimum atomic E-state index is -1.73. The second kappa shape index (κ2) is 24.2. The second-order valence-corrected chi connectivity index (χ2v) is 31.1. The number of aldehydes is 1. The zero-order valence-corrected chi connectivity index (χ0v) is 53.4. The molecule has 1 amide bonds. The van der Waals surface area contributed by atoms with Gasteiger partial charge in [-0.3, -0.25) is 9.59 Å². The van der Waals surface area contributed by atoms with E-state index in [0.717, 1.165) is 36.8 Å². The van der Waals surface area contributed by atoms with Crippen molar-refractivity contribution in [2.75, 3.05) is 57.9 Å². The van der Waals surface area contributed by atoms with Crippen LogP contribution in [0.15, 0.2) is 42.7 Å². The lowest BCUT2D eigenvalue weighted by Gasteiger charge is -2.76. The third kappa shape index (κ3) is 9.58. The lowest BCUT2D eigenvalue weighted by molar-refractivity contribution is -0.344. The summed E-state index contributed by atoms with van der Waals surface area (Å²) in [5.41, 5.74) is 1.23. The summed E-state index contributed by atoms with van der Waals surface area (Å²) in [4.78, 5) is 57.3. The molecule has 2 saturated heterocycles. The lowest BCUT2D eigenvalue weighted by Crippen LogP contribution is -2.75. The van der Waals surface area contributed by atoms with Gasteiger partial charge < -0.3 is 97.2 Å². The SMILES string of the molecule is C[C@@H](CC=O)CCNCCNC[C@H]([C@@H](N)O)[C@H](O)[C@@]1(c2cnc[nH]2)C=C[C@@H]([C@@H]2[C@@H](O)[C@@H](O[C@@H]3OC[C@@H](O)[C@H](O)[C@H]3O)[C@@](C)(CO)[C@H]3CC[C@]4(C)[C@H](CC=C5[C@@H]6C[C@@](C)(CO)CC[C@]6(C(=O)O)[C@H]6CNc7nc[nH]c7C[C@@H]6[C@]54C)[C@@]23C)[C@H]2[C@H]1NC(=O)C21CCCC1. The van der Waals surface area contributed by atoms with E-state index >= 15 is 4.79 Å². The molecule has 500 valence electrons. The van der Waals surface area contributed by atoms with E-state index < -0.39 is 147 Å². The molecule has 23 heteroatoms. The highest BCUT2D eigenvalue weighted by Gasteiger charge is 2.79. The number of allylic oxidation sites excluding steroid dienone is 3. The minimum Gasteiger partial charge on any atom is -0.481 e. The highest BCUT2D eigenvalue weighted by atomic mass is 16.7. The molecular weight excluding hydrogens is 1150 g/mol. The van der Waals surface area contributed by atoms with Crippen LogP contribution in [0.3, 0.4) is 0 Å². The van der Waals surface area contributed by atoms with Gasteiger partial charge in [-0.25, -0.2) is 9.97 Å². The maximum absolute atomic E-state index is 15.7. The number of aromatic nitrogens is 4.